The lowest BCUT2D eigenvalue weighted by atomic mass is 10.1. The van der Waals surface area contributed by atoms with Gasteiger partial charge in [-0.3, -0.25) is 4.79 Å². The average molecular weight is 242 g/mol. The second-order valence-electron chi connectivity index (χ2n) is 5.06. The Labute approximate surface area is 107 Å². The van der Waals surface area contributed by atoms with Crippen LogP contribution in [0.3, 0.4) is 0 Å². The van der Waals surface area contributed by atoms with Crippen LogP contribution in [-0.4, -0.2) is 23.4 Å². The van der Waals surface area contributed by atoms with Crippen LogP contribution in [0.15, 0.2) is 30.9 Å². The molecule has 94 valence electrons. The van der Waals surface area contributed by atoms with E-state index in [1.165, 1.54) is 11.1 Å². The van der Waals surface area contributed by atoms with Gasteiger partial charge in [-0.25, -0.2) is 0 Å². The van der Waals surface area contributed by atoms with E-state index in [9.17, 15) is 4.79 Å². The van der Waals surface area contributed by atoms with Gasteiger partial charge >= 0.3 is 0 Å². The Bertz CT molecular complexity index is 491. The van der Waals surface area contributed by atoms with Crippen LogP contribution in [0.2, 0.25) is 0 Å². The average Bonchev–Trinajstić information content (AvgIpc) is 3.12. The number of carbonyl (C=O) groups excluding carboxylic acids is 1. The molecule has 3 rings (SSSR count). The maximum absolute atomic E-state index is 12.5. The van der Waals surface area contributed by atoms with Crippen LogP contribution in [0.25, 0.3) is 0 Å². The molecule has 1 N–H and O–H groups in total. The Morgan fingerprint density at radius 3 is 2.89 bits per heavy atom. The molecule has 3 nitrogen and oxygen atoms in total. The standard InChI is InChI=1S/C15H18N2O/c1-2-7-17(14-5-6-14)15(18)11-3-4-12-9-16-10-13(12)8-11/h2-4,8,14,16H,1,5-7,9-10H2. The lowest BCUT2D eigenvalue weighted by molar-refractivity contribution is 0.0762. The van der Waals surface area contributed by atoms with Gasteiger partial charge in [0.05, 0.1) is 0 Å². The maximum Gasteiger partial charge on any atom is 0.254 e. The lowest BCUT2D eigenvalue weighted by Crippen LogP contribution is -2.33. The summed E-state index contributed by atoms with van der Waals surface area (Å²) in [4.78, 5) is 14.4. The molecule has 0 bridgehead atoms. The molecule has 0 unspecified atom stereocenters. The SMILES string of the molecule is C=CCN(C(=O)c1ccc2c(c1)CNC2)C1CC1. The molecule has 1 aromatic carbocycles. The Morgan fingerprint density at radius 2 is 2.17 bits per heavy atom. The highest BCUT2D eigenvalue weighted by molar-refractivity contribution is 5.95. The first-order valence-electron chi connectivity index (χ1n) is 6.54. The summed E-state index contributed by atoms with van der Waals surface area (Å²) in [6.45, 7) is 6.19. The molecule has 0 aromatic heterocycles. The van der Waals surface area contributed by atoms with E-state index in [1.54, 1.807) is 0 Å². The minimum absolute atomic E-state index is 0.145. The molecule has 1 aliphatic heterocycles. The van der Waals surface area contributed by atoms with E-state index in [1.807, 2.05) is 23.1 Å². The van der Waals surface area contributed by atoms with Crippen LogP contribution in [0.4, 0.5) is 0 Å². The number of amides is 1. The number of rotatable bonds is 4. The monoisotopic (exact) mass is 242 g/mol. The van der Waals surface area contributed by atoms with Crippen molar-refractivity contribution in [2.45, 2.75) is 32.0 Å². The van der Waals surface area contributed by atoms with Gasteiger partial charge in [-0.2, -0.15) is 0 Å². The van der Waals surface area contributed by atoms with Crippen molar-refractivity contribution < 1.29 is 4.79 Å². The number of hydrogen-bond acceptors (Lipinski definition) is 2. The third-order valence-corrected chi connectivity index (χ3v) is 3.66. The molecule has 2 aliphatic rings. The minimum atomic E-state index is 0.145. The van der Waals surface area contributed by atoms with Gasteiger partial charge in [-0.15, -0.1) is 6.58 Å². The number of nitrogens with one attached hydrogen (secondary N) is 1. The Hall–Kier alpha value is -1.61. The van der Waals surface area contributed by atoms with Gasteiger partial charge in [-0.1, -0.05) is 12.1 Å². The van der Waals surface area contributed by atoms with Crippen molar-refractivity contribution in [2.24, 2.45) is 0 Å². The molecule has 0 spiro atoms. The van der Waals surface area contributed by atoms with E-state index in [2.05, 4.69) is 18.0 Å². The minimum Gasteiger partial charge on any atom is -0.332 e. The molecule has 1 aliphatic carbocycles. The zero-order chi connectivity index (χ0) is 12.5. The predicted molar refractivity (Wildman–Crippen MR) is 71.2 cm³/mol. The van der Waals surface area contributed by atoms with Crippen LogP contribution in [-0.2, 0) is 13.1 Å². The van der Waals surface area contributed by atoms with Crippen LogP contribution in [0.1, 0.15) is 34.3 Å². The fourth-order valence-corrected chi connectivity index (χ4v) is 2.52. The van der Waals surface area contributed by atoms with Crippen LogP contribution in [0.5, 0.6) is 0 Å². The van der Waals surface area contributed by atoms with Gasteiger partial charge in [-0.05, 0) is 36.1 Å². The van der Waals surface area contributed by atoms with Crippen LogP contribution < -0.4 is 5.32 Å². The Kier molecular flexibility index (Phi) is 2.92. The molecule has 1 heterocycles. The van der Waals surface area contributed by atoms with Crippen molar-refractivity contribution in [1.29, 1.82) is 0 Å². The Balaban J connectivity index is 1.84. The molecular weight excluding hydrogens is 224 g/mol. The smallest absolute Gasteiger partial charge is 0.254 e. The van der Waals surface area contributed by atoms with Crippen molar-refractivity contribution in [2.75, 3.05) is 6.54 Å². The van der Waals surface area contributed by atoms with Crippen LogP contribution in [0, 0.1) is 0 Å². The van der Waals surface area contributed by atoms with E-state index in [-0.39, 0.29) is 5.91 Å². The van der Waals surface area contributed by atoms with E-state index in [4.69, 9.17) is 0 Å². The number of benzene rings is 1. The normalized spacial score (nSPS) is 17.3. The van der Waals surface area contributed by atoms with Crippen molar-refractivity contribution in [1.82, 2.24) is 10.2 Å². The summed E-state index contributed by atoms with van der Waals surface area (Å²) in [6.07, 6.45) is 4.07. The fourth-order valence-electron chi connectivity index (χ4n) is 2.52. The quantitative estimate of drug-likeness (QED) is 0.820. The van der Waals surface area contributed by atoms with Gasteiger partial charge in [0, 0.05) is 31.2 Å². The Morgan fingerprint density at radius 1 is 1.39 bits per heavy atom. The summed E-state index contributed by atoms with van der Waals surface area (Å²) >= 11 is 0. The molecular formula is C15H18N2O. The lowest BCUT2D eigenvalue weighted by Gasteiger charge is -2.21. The van der Waals surface area contributed by atoms with Gasteiger partial charge in [0.25, 0.3) is 5.91 Å². The highest BCUT2D eigenvalue weighted by Gasteiger charge is 2.32. The summed E-state index contributed by atoms with van der Waals surface area (Å²) in [7, 11) is 0. The van der Waals surface area contributed by atoms with Crippen molar-refractivity contribution in [3.63, 3.8) is 0 Å². The van der Waals surface area contributed by atoms with Gasteiger partial charge in [0.1, 0.15) is 0 Å². The second-order valence-corrected chi connectivity index (χ2v) is 5.06. The molecule has 1 aromatic rings. The van der Waals surface area contributed by atoms with Crippen molar-refractivity contribution >= 4 is 5.91 Å². The van der Waals surface area contributed by atoms with Crippen molar-refractivity contribution in [3.8, 4) is 0 Å². The molecule has 0 radical (unpaired) electrons. The highest BCUT2D eigenvalue weighted by Crippen LogP contribution is 2.28. The number of carbonyl (C=O) groups is 1. The van der Waals surface area contributed by atoms with E-state index >= 15 is 0 Å². The topological polar surface area (TPSA) is 32.3 Å². The zero-order valence-corrected chi connectivity index (χ0v) is 10.5. The van der Waals surface area contributed by atoms with Crippen molar-refractivity contribution in [3.05, 3.63) is 47.5 Å². The molecule has 1 amide bonds. The van der Waals surface area contributed by atoms with Gasteiger partial charge in [0.2, 0.25) is 0 Å². The molecule has 1 fully saturated rings. The summed E-state index contributed by atoms with van der Waals surface area (Å²) in [5, 5.41) is 3.30. The number of hydrogen-bond donors (Lipinski definition) is 1. The van der Waals surface area contributed by atoms with E-state index in [0.29, 0.717) is 12.6 Å². The largest absolute Gasteiger partial charge is 0.332 e. The van der Waals surface area contributed by atoms with Gasteiger partial charge < -0.3 is 10.2 Å². The second kappa shape index (κ2) is 4.58. The van der Waals surface area contributed by atoms with E-state index < -0.39 is 0 Å². The zero-order valence-electron chi connectivity index (χ0n) is 10.5. The fraction of sp³-hybridized carbons (Fsp3) is 0.400. The predicted octanol–water partition coefficient (Wildman–Crippen LogP) is 2.08. The first-order valence-corrected chi connectivity index (χ1v) is 6.54. The summed E-state index contributed by atoms with van der Waals surface area (Å²) in [5.74, 6) is 0.145. The first kappa shape index (κ1) is 11.5. The molecule has 0 saturated heterocycles. The number of fused-ring (bicyclic) bond motifs is 1. The third-order valence-electron chi connectivity index (χ3n) is 3.66. The maximum atomic E-state index is 12.5. The summed E-state index contributed by atoms with van der Waals surface area (Å²) in [5.41, 5.74) is 3.38. The molecule has 3 heteroatoms. The highest BCUT2D eigenvalue weighted by atomic mass is 16.2. The molecule has 1 saturated carbocycles. The number of nitrogens with zero attached hydrogens (tertiary/aromatic N) is 1. The summed E-state index contributed by atoms with van der Waals surface area (Å²) in [6, 6.07) is 6.49. The summed E-state index contributed by atoms with van der Waals surface area (Å²) < 4.78 is 0. The molecule has 18 heavy (non-hydrogen) atoms. The first-order chi connectivity index (χ1) is 8.79. The third kappa shape index (κ3) is 2.06. The van der Waals surface area contributed by atoms with Gasteiger partial charge in [0.15, 0.2) is 0 Å². The molecule has 0 atom stereocenters. The van der Waals surface area contributed by atoms with Crippen LogP contribution >= 0.6 is 0 Å². The van der Waals surface area contributed by atoms with E-state index in [0.717, 1.165) is 31.5 Å².